The first-order chi connectivity index (χ1) is 22.7. The van der Waals surface area contributed by atoms with Gasteiger partial charge >= 0.3 is 6.18 Å². The molecular weight excluding hydrogens is 617 g/mol. The van der Waals surface area contributed by atoms with Crippen LogP contribution in [0.15, 0.2) is 48.7 Å². The van der Waals surface area contributed by atoms with E-state index >= 15 is 0 Å². The summed E-state index contributed by atoms with van der Waals surface area (Å²) in [6.45, 7) is 6.34. The van der Waals surface area contributed by atoms with Gasteiger partial charge in [-0.3, -0.25) is 14.6 Å². The standard InChI is InChI=1S/C33H37F3N6O5/c1-40-26(32(43)38-25-20-24(33(34,35)36)18-23(31(25)44-2)21-42-12-16-46-17-13-42)19-22-4-3-5-27(30(22)40)47-29-6-8-37-28(39-29)7-9-41-10-14-45-15-11-41/h3-6,8,18-20H,7,9-17,21H2,1-2H3,(H,38,43). The molecule has 0 aliphatic carbocycles. The van der Waals surface area contributed by atoms with Crippen molar-refractivity contribution in [3.05, 3.63) is 71.3 Å². The van der Waals surface area contributed by atoms with Crippen LogP contribution in [0.5, 0.6) is 17.4 Å². The minimum Gasteiger partial charge on any atom is -0.494 e. The third kappa shape index (κ3) is 7.67. The van der Waals surface area contributed by atoms with Crippen molar-refractivity contribution in [1.29, 1.82) is 0 Å². The molecule has 0 bridgehead atoms. The summed E-state index contributed by atoms with van der Waals surface area (Å²) in [6, 6.07) is 10.7. The number of carbonyl (C=O) groups excluding carboxylic acids is 1. The van der Waals surface area contributed by atoms with Crippen molar-refractivity contribution in [3.63, 3.8) is 0 Å². The van der Waals surface area contributed by atoms with Gasteiger partial charge in [-0.25, -0.2) is 4.98 Å². The highest BCUT2D eigenvalue weighted by molar-refractivity contribution is 6.07. The van der Waals surface area contributed by atoms with Crippen LogP contribution < -0.4 is 14.8 Å². The number of morpholine rings is 2. The Hall–Kier alpha value is -4.24. The van der Waals surface area contributed by atoms with E-state index < -0.39 is 17.6 Å². The summed E-state index contributed by atoms with van der Waals surface area (Å²) in [5.41, 5.74) is 0.220. The molecule has 14 heteroatoms. The molecule has 2 saturated heterocycles. The number of nitrogens with one attached hydrogen (secondary N) is 1. The highest BCUT2D eigenvalue weighted by atomic mass is 19.4. The Morgan fingerprint density at radius 1 is 1.00 bits per heavy atom. The van der Waals surface area contributed by atoms with Gasteiger partial charge in [0.05, 0.1) is 50.3 Å². The highest BCUT2D eigenvalue weighted by Gasteiger charge is 2.33. The SMILES string of the molecule is COc1c(CN2CCOCC2)cc(C(F)(F)F)cc1NC(=O)c1cc2cccc(Oc3ccnc(CCN4CCOCC4)n3)c2n1C. The van der Waals surface area contributed by atoms with Crippen molar-refractivity contribution in [3.8, 4) is 17.4 Å². The number of fused-ring (bicyclic) bond motifs is 1. The van der Waals surface area contributed by atoms with Gasteiger partial charge in [-0.2, -0.15) is 18.2 Å². The molecule has 250 valence electrons. The normalized spacial score (nSPS) is 16.4. The summed E-state index contributed by atoms with van der Waals surface area (Å²) in [5, 5.41) is 3.40. The summed E-state index contributed by atoms with van der Waals surface area (Å²) < 4.78 is 66.2. The third-order valence-electron chi connectivity index (χ3n) is 8.34. The quantitative estimate of drug-likeness (QED) is 0.260. The van der Waals surface area contributed by atoms with Crippen LogP contribution in [0.2, 0.25) is 0 Å². The first-order valence-corrected chi connectivity index (χ1v) is 15.5. The average molecular weight is 655 g/mol. The first-order valence-electron chi connectivity index (χ1n) is 15.5. The van der Waals surface area contributed by atoms with Crippen molar-refractivity contribution in [2.45, 2.75) is 19.1 Å². The lowest BCUT2D eigenvalue weighted by Crippen LogP contribution is -2.37. The Morgan fingerprint density at radius 3 is 2.43 bits per heavy atom. The number of anilines is 1. The number of para-hydroxylation sites is 1. The maximum absolute atomic E-state index is 14.0. The molecule has 0 unspecified atom stereocenters. The van der Waals surface area contributed by atoms with Crippen molar-refractivity contribution in [2.24, 2.45) is 7.05 Å². The topological polar surface area (TPSA) is 103 Å². The molecule has 11 nitrogen and oxygen atoms in total. The van der Waals surface area contributed by atoms with Gasteiger partial charge in [-0.15, -0.1) is 0 Å². The molecular formula is C33H37F3N6O5. The molecule has 2 fully saturated rings. The number of aromatic nitrogens is 3. The predicted molar refractivity (Wildman–Crippen MR) is 168 cm³/mol. The number of nitrogens with zero attached hydrogens (tertiary/aromatic N) is 5. The van der Waals surface area contributed by atoms with Crippen LogP contribution in [0.3, 0.4) is 0 Å². The second-order valence-corrected chi connectivity index (χ2v) is 11.5. The molecule has 6 rings (SSSR count). The molecule has 4 aromatic rings. The minimum atomic E-state index is -4.62. The van der Waals surface area contributed by atoms with Gasteiger partial charge in [0.25, 0.3) is 5.91 Å². The van der Waals surface area contributed by atoms with Crippen molar-refractivity contribution >= 4 is 22.5 Å². The van der Waals surface area contributed by atoms with Crippen LogP contribution in [0.25, 0.3) is 10.9 Å². The third-order valence-corrected chi connectivity index (χ3v) is 8.34. The molecule has 1 N–H and O–H groups in total. The van der Waals surface area contributed by atoms with Crippen LogP contribution in [0.4, 0.5) is 18.9 Å². The molecule has 0 spiro atoms. The van der Waals surface area contributed by atoms with Crippen molar-refractivity contribution in [2.75, 3.05) is 71.6 Å². The van der Waals surface area contributed by atoms with E-state index in [9.17, 15) is 18.0 Å². The van der Waals surface area contributed by atoms with Crippen LogP contribution in [0.1, 0.15) is 27.4 Å². The fraction of sp³-hybridized carbons (Fsp3) is 0.424. The van der Waals surface area contributed by atoms with Gasteiger partial charge < -0.3 is 28.8 Å². The van der Waals surface area contributed by atoms with Crippen LogP contribution >= 0.6 is 0 Å². The molecule has 47 heavy (non-hydrogen) atoms. The largest absolute Gasteiger partial charge is 0.494 e. The van der Waals surface area contributed by atoms with Gasteiger partial charge in [0.2, 0.25) is 5.88 Å². The summed E-state index contributed by atoms with van der Waals surface area (Å²) in [7, 11) is 3.08. The number of rotatable bonds is 10. The summed E-state index contributed by atoms with van der Waals surface area (Å²) >= 11 is 0. The molecule has 2 aromatic carbocycles. The van der Waals surface area contributed by atoms with E-state index in [1.807, 2.05) is 11.0 Å². The molecule has 1 amide bonds. The number of amides is 1. The molecule has 2 aliphatic rings. The zero-order valence-electron chi connectivity index (χ0n) is 26.3. The number of hydrogen-bond donors (Lipinski definition) is 1. The fourth-order valence-electron chi connectivity index (χ4n) is 5.92. The number of aryl methyl sites for hydroxylation is 1. The van der Waals surface area contributed by atoms with E-state index in [-0.39, 0.29) is 23.7 Å². The van der Waals surface area contributed by atoms with Gasteiger partial charge in [-0.1, -0.05) is 12.1 Å². The number of benzene rings is 2. The monoisotopic (exact) mass is 654 g/mol. The minimum absolute atomic E-state index is 0.0668. The molecule has 0 saturated carbocycles. The first kappa shape index (κ1) is 32.7. The van der Waals surface area contributed by atoms with E-state index in [0.29, 0.717) is 79.9 Å². The number of ether oxygens (including phenoxy) is 4. The van der Waals surface area contributed by atoms with E-state index in [2.05, 4.69) is 20.2 Å². The Kier molecular flexibility index (Phi) is 9.92. The predicted octanol–water partition coefficient (Wildman–Crippen LogP) is 4.75. The van der Waals surface area contributed by atoms with Crippen molar-refractivity contribution < 1.29 is 36.9 Å². The summed E-state index contributed by atoms with van der Waals surface area (Å²) in [4.78, 5) is 27.0. The number of carbonyl (C=O) groups is 1. The number of methoxy groups -OCH3 is 1. The number of alkyl halides is 3. The maximum Gasteiger partial charge on any atom is 0.416 e. The second-order valence-electron chi connectivity index (χ2n) is 11.5. The van der Waals surface area contributed by atoms with Gasteiger partial charge in [0, 0.05) is 75.9 Å². The van der Waals surface area contributed by atoms with Gasteiger partial charge in [-0.05, 0) is 24.3 Å². The average Bonchev–Trinajstić information content (AvgIpc) is 3.41. The smallest absolute Gasteiger partial charge is 0.416 e. The lowest BCUT2D eigenvalue weighted by atomic mass is 10.1. The zero-order valence-corrected chi connectivity index (χ0v) is 26.3. The van der Waals surface area contributed by atoms with Crippen LogP contribution in [0, 0.1) is 0 Å². The number of halogens is 3. The molecule has 0 radical (unpaired) electrons. The summed E-state index contributed by atoms with van der Waals surface area (Å²) in [6.07, 6.45) is -2.32. The zero-order chi connectivity index (χ0) is 33.0. The Bertz CT molecular complexity index is 1720. The van der Waals surface area contributed by atoms with Gasteiger partial charge in [0.15, 0.2) is 5.75 Å². The van der Waals surface area contributed by atoms with Crippen LogP contribution in [-0.2, 0) is 35.7 Å². The van der Waals surface area contributed by atoms with E-state index in [4.69, 9.17) is 18.9 Å². The van der Waals surface area contributed by atoms with E-state index in [1.165, 1.54) is 7.11 Å². The molecule has 0 atom stereocenters. The Labute approximate surface area is 270 Å². The highest BCUT2D eigenvalue weighted by Crippen LogP contribution is 2.39. The number of hydrogen-bond acceptors (Lipinski definition) is 9. The van der Waals surface area contributed by atoms with Crippen LogP contribution in [-0.4, -0.2) is 96.5 Å². The lowest BCUT2D eigenvalue weighted by molar-refractivity contribution is -0.137. The van der Waals surface area contributed by atoms with Crippen molar-refractivity contribution in [1.82, 2.24) is 24.3 Å². The Balaban J connectivity index is 1.24. The molecule has 2 aromatic heterocycles. The Morgan fingerprint density at radius 2 is 1.72 bits per heavy atom. The molecule has 4 heterocycles. The van der Waals surface area contributed by atoms with E-state index in [1.54, 1.807) is 42.1 Å². The fourth-order valence-corrected chi connectivity index (χ4v) is 5.92. The maximum atomic E-state index is 14.0. The van der Waals surface area contributed by atoms with Gasteiger partial charge in [0.1, 0.15) is 17.3 Å². The molecule has 2 aliphatic heterocycles. The summed E-state index contributed by atoms with van der Waals surface area (Å²) in [5.74, 6) is 1.05. The lowest BCUT2D eigenvalue weighted by Gasteiger charge is -2.28. The second kappa shape index (κ2) is 14.3. The van der Waals surface area contributed by atoms with E-state index in [0.717, 1.165) is 31.8 Å².